The molecule has 0 aliphatic heterocycles. The van der Waals surface area contributed by atoms with Crippen LogP contribution in [0.25, 0.3) is 0 Å². The van der Waals surface area contributed by atoms with E-state index in [2.05, 4.69) is 26.0 Å². The lowest BCUT2D eigenvalue weighted by Gasteiger charge is -2.34. The third kappa shape index (κ3) is 39.3. The molecule has 0 aliphatic rings. The SMILES string of the molecule is CCCCCCCC/C=C/CCCCCC(=O)OC(COCCC(C(=O)[O-])[N+](C)(C)C)COC(=O)CCCCCCCCCCCCCCCCCCCCCC. The van der Waals surface area contributed by atoms with Crippen LogP contribution >= 0.6 is 0 Å². The number of hydrogen-bond donors (Lipinski definition) is 0. The Morgan fingerprint density at radius 2 is 0.877 bits per heavy atom. The fourth-order valence-electron chi connectivity index (χ4n) is 7.36. The molecular formula is C49H93NO7. The van der Waals surface area contributed by atoms with Gasteiger partial charge in [-0.25, -0.2) is 0 Å². The Morgan fingerprint density at radius 1 is 0.509 bits per heavy atom. The molecule has 0 radical (unpaired) electrons. The van der Waals surface area contributed by atoms with Crippen LogP contribution in [0.4, 0.5) is 0 Å². The zero-order valence-electron chi connectivity index (χ0n) is 38.3. The second kappa shape index (κ2) is 40.8. The van der Waals surface area contributed by atoms with E-state index in [1.165, 1.54) is 148 Å². The number of likely N-dealkylation sites (N-methyl/N-ethyl adjacent to an activating group) is 1. The molecule has 0 saturated carbocycles. The van der Waals surface area contributed by atoms with Gasteiger partial charge in [0.2, 0.25) is 0 Å². The lowest BCUT2D eigenvalue weighted by molar-refractivity contribution is -0.889. The van der Waals surface area contributed by atoms with Crippen LogP contribution in [0.5, 0.6) is 0 Å². The van der Waals surface area contributed by atoms with Gasteiger partial charge in [0.15, 0.2) is 6.10 Å². The molecule has 0 heterocycles. The quantitative estimate of drug-likeness (QED) is 0.0261. The third-order valence-corrected chi connectivity index (χ3v) is 11.2. The number of ether oxygens (including phenoxy) is 3. The predicted molar refractivity (Wildman–Crippen MR) is 236 cm³/mol. The van der Waals surface area contributed by atoms with E-state index in [0.717, 1.165) is 51.4 Å². The van der Waals surface area contributed by atoms with E-state index < -0.39 is 18.1 Å². The van der Waals surface area contributed by atoms with Crippen molar-refractivity contribution in [3.8, 4) is 0 Å². The smallest absolute Gasteiger partial charge is 0.306 e. The van der Waals surface area contributed by atoms with Crippen molar-refractivity contribution in [3.63, 3.8) is 0 Å². The number of carboxylic acid groups (broad SMARTS) is 1. The Kier molecular flexibility index (Phi) is 39.4. The normalized spacial score (nSPS) is 12.9. The fraction of sp³-hybridized carbons (Fsp3) is 0.898. The zero-order valence-corrected chi connectivity index (χ0v) is 38.3. The fourth-order valence-corrected chi connectivity index (χ4v) is 7.36. The van der Waals surface area contributed by atoms with Gasteiger partial charge in [0.1, 0.15) is 12.6 Å². The van der Waals surface area contributed by atoms with Crippen LogP contribution in [0.1, 0.15) is 232 Å². The molecule has 0 fully saturated rings. The number of quaternary nitrogens is 1. The minimum atomic E-state index is -1.12. The van der Waals surface area contributed by atoms with Crippen LogP contribution in [0.15, 0.2) is 12.2 Å². The van der Waals surface area contributed by atoms with Crippen LogP contribution in [-0.4, -0.2) is 75.5 Å². The summed E-state index contributed by atoms with van der Waals surface area (Å²) in [6.07, 6.45) is 43.8. The summed E-state index contributed by atoms with van der Waals surface area (Å²) in [6.45, 7) is 4.67. The van der Waals surface area contributed by atoms with Crippen molar-refractivity contribution < 1.29 is 38.2 Å². The Morgan fingerprint density at radius 3 is 1.28 bits per heavy atom. The van der Waals surface area contributed by atoms with Crippen LogP contribution < -0.4 is 5.11 Å². The number of rotatable bonds is 44. The number of carbonyl (C=O) groups is 3. The Labute approximate surface area is 352 Å². The van der Waals surface area contributed by atoms with E-state index in [9.17, 15) is 19.5 Å². The topological polar surface area (TPSA) is 102 Å². The highest BCUT2D eigenvalue weighted by atomic mass is 16.6. The lowest BCUT2D eigenvalue weighted by atomic mass is 10.0. The second-order valence-corrected chi connectivity index (χ2v) is 17.7. The van der Waals surface area contributed by atoms with Gasteiger partial charge in [0, 0.05) is 19.3 Å². The molecule has 2 atom stereocenters. The first-order chi connectivity index (χ1) is 27.6. The number of allylic oxidation sites excluding steroid dienone is 2. The number of unbranched alkanes of at least 4 members (excludes halogenated alkanes) is 28. The third-order valence-electron chi connectivity index (χ3n) is 11.2. The van der Waals surface area contributed by atoms with Gasteiger partial charge >= 0.3 is 11.9 Å². The number of esters is 2. The minimum Gasteiger partial charge on any atom is -0.544 e. The van der Waals surface area contributed by atoms with Gasteiger partial charge < -0.3 is 28.6 Å². The highest BCUT2D eigenvalue weighted by Gasteiger charge is 2.25. The summed E-state index contributed by atoms with van der Waals surface area (Å²) in [6, 6.07) is -0.724. The van der Waals surface area contributed by atoms with Gasteiger partial charge in [-0.05, 0) is 38.5 Å². The van der Waals surface area contributed by atoms with Gasteiger partial charge in [-0.15, -0.1) is 0 Å². The maximum Gasteiger partial charge on any atom is 0.306 e. The average molecular weight is 808 g/mol. The standard InChI is InChI=1S/C49H93NO7/c1-6-8-10-12-14-16-18-20-21-22-23-24-25-26-28-29-31-33-35-37-39-47(51)56-44-45(43-55-42-41-46(49(53)54)50(3,4)5)57-48(52)40-38-36-34-32-30-27-19-17-15-13-11-9-7-2/h27,30,45-46H,6-26,28-29,31-44H2,1-5H3/b30-27+. The number of carbonyl (C=O) groups excluding carboxylic acids is 3. The van der Waals surface area contributed by atoms with E-state index in [0.29, 0.717) is 12.8 Å². The van der Waals surface area contributed by atoms with E-state index >= 15 is 0 Å². The van der Waals surface area contributed by atoms with Crippen molar-refractivity contribution in [2.75, 3.05) is 41.0 Å². The number of hydrogen-bond acceptors (Lipinski definition) is 7. The first-order valence-electron chi connectivity index (χ1n) is 24.2. The molecule has 8 nitrogen and oxygen atoms in total. The summed E-state index contributed by atoms with van der Waals surface area (Å²) in [5, 5.41) is 11.6. The molecule has 0 aromatic heterocycles. The maximum atomic E-state index is 12.7. The highest BCUT2D eigenvalue weighted by Crippen LogP contribution is 2.16. The Bertz CT molecular complexity index is 947. The van der Waals surface area contributed by atoms with E-state index in [-0.39, 0.29) is 42.7 Å². The maximum absolute atomic E-state index is 12.7. The van der Waals surface area contributed by atoms with E-state index in [1.54, 1.807) is 21.1 Å². The molecule has 0 rings (SSSR count). The molecule has 0 saturated heterocycles. The Balaban J connectivity index is 4.21. The molecule has 0 aromatic carbocycles. The largest absolute Gasteiger partial charge is 0.544 e. The minimum absolute atomic E-state index is 0.0403. The lowest BCUT2D eigenvalue weighted by Crippen LogP contribution is -2.55. The van der Waals surface area contributed by atoms with Crippen LogP contribution in [0.2, 0.25) is 0 Å². The molecule has 0 amide bonds. The van der Waals surface area contributed by atoms with E-state index in [4.69, 9.17) is 14.2 Å². The first kappa shape index (κ1) is 55.1. The molecule has 57 heavy (non-hydrogen) atoms. The monoisotopic (exact) mass is 808 g/mol. The van der Waals surface area contributed by atoms with E-state index in [1.807, 2.05) is 0 Å². The van der Waals surface area contributed by atoms with Crippen molar-refractivity contribution in [2.24, 2.45) is 0 Å². The number of carboxylic acids is 1. The summed E-state index contributed by atoms with van der Waals surface area (Å²) in [4.78, 5) is 36.9. The van der Waals surface area contributed by atoms with Crippen molar-refractivity contribution >= 4 is 17.9 Å². The first-order valence-corrected chi connectivity index (χ1v) is 24.2. The van der Waals surface area contributed by atoms with Crippen LogP contribution in [0, 0.1) is 0 Å². The molecule has 0 bridgehead atoms. The summed E-state index contributed by atoms with van der Waals surface area (Å²) in [5.74, 6) is -1.74. The van der Waals surface area contributed by atoms with Crippen LogP contribution in [0.3, 0.4) is 0 Å². The average Bonchev–Trinajstić information content (AvgIpc) is 3.17. The molecule has 336 valence electrons. The summed E-state index contributed by atoms with van der Waals surface area (Å²) in [7, 11) is 5.41. The molecule has 2 unspecified atom stereocenters. The zero-order chi connectivity index (χ0) is 42.1. The van der Waals surface area contributed by atoms with Crippen molar-refractivity contribution in [1.29, 1.82) is 0 Å². The van der Waals surface area contributed by atoms with Gasteiger partial charge in [-0.3, -0.25) is 9.59 Å². The molecule has 0 spiro atoms. The van der Waals surface area contributed by atoms with Gasteiger partial charge in [0.05, 0.1) is 40.3 Å². The van der Waals surface area contributed by atoms with Gasteiger partial charge in [0.25, 0.3) is 0 Å². The van der Waals surface area contributed by atoms with Crippen LogP contribution in [-0.2, 0) is 28.6 Å². The number of aliphatic carboxylic acids is 1. The van der Waals surface area contributed by atoms with Gasteiger partial charge in [-0.2, -0.15) is 0 Å². The Hall–Kier alpha value is -1.93. The summed E-state index contributed by atoms with van der Waals surface area (Å²) in [5.41, 5.74) is 0. The molecular weight excluding hydrogens is 715 g/mol. The predicted octanol–water partition coefficient (Wildman–Crippen LogP) is 12.1. The van der Waals surface area contributed by atoms with Gasteiger partial charge in [-0.1, -0.05) is 187 Å². The second-order valence-electron chi connectivity index (χ2n) is 17.7. The summed E-state index contributed by atoms with van der Waals surface area (Å²) < 4.78 is 17.2. The molecule has 0 N–H and O–H groups in total. The summed E-state index contributed by atoms with van der Waals surface area (Å²) >= 11 is 0. The number of nitrogens with zero attached hydrogens (tertiary/aromatic N) is 1. The van der Waals surface area contributed by atoms with Crippen molar-refractivity contribution in [2.45, 2.75) is 244 Å². The molecule has 0 aromatic rings. The molecule has 0 aliphatic carbocycles. The van der Waals surface area contributed by atoms with Crippen molar-refractivity contribution in [3.05, 3.63) is 12.2 Å². The molecule has 8 heteroatoms. The highest BCUT2D eigenvalue weighted by molar-refractivity contribution is 5.70. The van der Waals surface area contributed by atoms with Crippen molar-refractivity contribution in [1.82, 2.24) is 0 Å².